The van der Waals surface area contributed by atoms with Crippen LogP contribution in [0, 0.1) is 6.92 Å². The van der Waals surface area contributed by atoms with Crippen LogP contribution < -0.4 is 5.32 Å². The van der Waals surface area contributed by atoms with Gasteiger partial charge in [-0.05, 0) is 41.8 Å². The quantitative estimate of drug-likeness (QED) is 0.466. The maximum absolute atomic E-state index is 12.9. The van der Waals surface area contributed by atoms with E-state index in [-0.39, 0.29) is 5.91 Å². The number of hydrogen-bond donors (Lipinski definition) is 2. The lowest BCUT2D eigenvalue weighted by Crippen LogP contribution is -2.21. The standard InChI is InChI=1S/C25H20N4O/c1-16-26-15-22(27-16)17-11-13-19(14-12-17)28-24(18-7-3-2-4-8-18)23-20-9-5-6-10-21(20)29-25(23)30/h2-15,23H,1H3,(H,26,27)(H,29,30). The molecule has 0 spiro atoms. The number of aromatic nitrogens is 2. The number of H-pyrrole nitrogens is 1. The second kappa shape index (κ2) is 7.44. The van der Waals surface area contributed by atoms with Crippen molar-refractivity contribution < 1.29 is 4.79 Å². The number of aryl methyl sites for hydroxylation is 1. The summed E-state index contributed by atoms with van der Waals surface area (Å²) < 4.78 is 0. The fraction of sp³-hybridized carbons (Fsp3) is 0.0800. The Morgan fingerprint density at radius 1 is 0.933 bits per heavy atom. The van der Waals surface area contributed by atoms with Crippen LogP contribution in [-0.4, -0.2) is 21.6 Å². The van der Waals surface area contributed by atoms with Crippen LogP contribution in [-0.2, 0) is 4.79 Å². The Bertz CT molecular complexity index is 1240. The molecule has 1 aliphatic rings. The highest BCUT2D eigenvalue weighted by Gasteiger charge is 2.35. The third-order valence-corrected chi connectivity index (χ3v) is 5.27. The molecule has 1 unspecified atom stereocenters. The zero-order valence-electron chi connectivity index (χ0n) is 16.5. The highest BCUT2D eigenvalue weighted by Crippen LogP contribution is 2.36. The van der Waals surface area contributed by atoms with Crippen LogP contribution in [0.4, 0.5) is 11.4 Å². The third-order valence-electron chi connectivity index (χ3n) is 5.27. The summed E-state index contributed by atoms with van der Waals surface area (Å²) in [5.41, 5.74) is 6.28. The molecule has 0 bridgehead atoms. The van der Waals surface area contributed by atoms with E-state index in [9.17, 15) is 4.79 Å². The molecule has 2 N–H and O–H groups in total. The van der Waals surface area contributed by atoms with Crippen molar-refractivity contribution in [3.8, 4) is 11.3 Å². The summed E-state index contributed by atoms with van der Waals surface area (Å²) in [7, 11) is 0. The molecule has 2 heterocycles. The molecule has 0 fully saturated rings. The fourth-order valence-corrected chi connectivity index (χ4v) is 3.81. The van der Waals surface area contributed by atoms with Crippen molar-refractivity contribution in [2.24, 2.45) is 4.99 Å². The molecule has 0 saturated carbocycles. The Morgan fingerprint density at radius 3 is 2.40 bits per heavy atom. The first-order valence-electron chi connectivity index (χ1n) is 9.85. The lowest BCUT2D eigenvalue weighted by molar-refractivity contribution is -0.115. The number of carbonyl (C=O) groups is 1. The van der Waals surface area contributed by atoms with Gasteiger partial charge in [0.2, 0.25) is 5.91 Å². The zero-order chi connectivity index (χ0) is 20.5. The van der Waals surface area contributed by atoms with Gasteiger partial charge < -0.3 is 10.3 Å². The van der Waals surface area contributed by atoms with Gasteiger partial charge in [0, 0.05) is 5.69 Å². The number of imidazole rings is 1. The van der Waals surface area contributed by atoms with E-state index in [2.05, 4.69) is 15.3 Å². The molecule has 1 amide bonds. The molecular formula is C25H20N4O. The van der Waals surface area contributed by atoms with Gasteiger partial charge in [-0.1, -0.05) is 60.7 Å². The van der Waals surface area contributed by atoms with Crippen molar-refractivity contribution in [1.29, 1.82) is 0 Å². The highest BCUT2D eigenvalue weighted by atomic mass is 16.2. The number of benzene rings is 3. The first-order valence-corrected chi connectivity index (χ1v) is 9.85. The lowest BCUT2D eigenvalue weighted by Gasteiger charge is -2.14. The largest absolute Gasteiger partial charge is 0.342 e. The molecule has 0 saturated heterocycles. The molecule has 5 nitrogen and oxygen atoms in total. The summed E-state index contributed by atoms with van der Waals surface area (Å²) in [6.45, 7) is 1.93. The number of fused-ring (bicyclic) bond motifs is 1. The molecule has 1 aromatic heterocycles. The number of para-hydroxylation sites is 1. The second-order valence-corrected chi connectivity index (χ2v) is 7.30. The predicted octanol–water partition coefficient (Wildman–Crippen LogP) is 5.24. The topological polar surface area (TPSA) is 70.1 Å². The van der Waals surface area contributed by atoms with Gasteiger partial charge in [-0.25, -0.2) is 4.98 Å². The van der Waals surface area contributed by atoms with Crippen LogP contribution in [0.3, 0.4) is 0 Å². The molecule has 5 heteroatoms. The molecule has 0 radical (unpaired) electrons. The van der Waals surface area contributed by atoms with Crippen molar-refractivity contribution in [2.75, 3.05) is 5.32 Å². The Kier molecular flexibility index (Phi) is 4.48. The van der Waals surface area contributed by atoms with E-state index in [1.54, 1.807) is 0 Å². The number of aromatic amines is 1. The predicted molar refractivity (Wildman–Crippen MR) is 119 cm³/mol. The second-order valence-electron chi connectivity index (χ2n) is 7.30. The zero-order valence-corrected chi connectivity index (χ0v) is 16.5. The van der Waals surface area contributed by atoms with Gasteiger partial charge in [0.05, 0.1) is 23.3 Å². The smallest absolute Gasteiger partial charge is 0.238 e. The average molecular weight is 392 g/mol. The Morgan fingerprint density at radius 2 is 1.67 bits per heavy atom. The van der Waals surface area contributed by atoms with Gasteiger partial charge in [-0.2, -0.15) is 0 Å². The van der Waals surface area contributed by atoms with Gasteiger partial charge in [-0.3, -0.25) is 9.79 Å². The number of carbonyl (C=O) groups excluding carboxylic acids is 1. The molecule has 1 aliphatic heterocycles. The normalized spacial score (nSPS) is 15.7. The molecule has 4 aromatic rings. The van der Waals surface area contributed by atoms with E-state index in [0.29, 0.717) is 0 Å². The minimum Gasteiger partial charge on any atom is -0.342 e. The highest BCUT2D eigenvalue weighted by molar-refractivity contribution is 6.24. The number of anilines is 1. The minimum atomic E-state index is -0.446. The molecule has 1 atom stereocenters. The number of nitrogens with one attached hydrogen (secondary N) is 2. The first kappa shape index (κ1) is 18.1. The van der Waals surface area contributed by atoms with E-state index in [4.69, 9.17) is 4.99 Å². The van der Waals surface area contributed by atoms with Crippen LogP contribution in [0.5, 0.6) is 0 Å². The van der Waals surface area contributed by atoms with Crippen molar-refractivity contribution >= 4 is 23.0 Å². The Hall–Kier alpha value is -3.99. The maximum atomic E-state index is 12.9. The summed E-state index contributed by atoms with van der Waals surface area (Å²) in [5, 5.41) is 2.99. The van der Waals surface area contributed by atoms with Gasteiger partial charge >= 0.3 is 0 Å². The van der Waals surface area contributed by atoms with Crippen LogP contribution >= 0.6 is 0 Å². The SMILES string of the molecule is Cc1ncc(-c2ccc(N=C(c3ccccc3)C3C(=O)Nc4ccccc43)cc2)[nH]1. The summed E-state index contributed by atoms with van der Waals surface area (Å²) in [6.07, 6.45) is 1.82. The van der Waals surface area contributed by atoms with Crippen LogP contribution in [0.15, 0.2) is 90.1 Å². The fourth-order valence-electron chi connectivity index (χ4n) is 3.81. The van der Waals surface area contributed by atoms with E-state index < -0.39 is 5.92 Å². The summed E-state index contributed by atoms with van der Waals surface area (Å²) in [6, 6.07) is 25.6. The number of nitrogens with zero attached hydrogens (tertiary/aromatic N) is 2. The van der Waals surface area contributed by atoms with Gasteiger partial charge in [0.15, 0.2) is 0 Å². The van der Waals surface area contributed by atoms with Crippen LogP contribution in [0.25, 0.3) is 11.3 Å². The number of aliphatic imine (C=N–C) groups is 1. The number of amides is 1. The monoisotopic (exact) mass is 392 g/mol. The molecule has 30 heavy (non-hydrogen) atoms. The van der Waals surface area contributed by atoms with Gasteiger partial charge in [0.25, 0.3) is 0 Å². The van der Waals surface area contributed by atoms with E-state index >= 15 is 0 Å². The molecule has 0 aliphatic carbocycles. The van der Waals surface area contributed by atoms with E-state index in [0.717, 1.165) is 45.3 Å². The lowest BCUT2D eigenvalue weighted by atomic mass is 9.90. The number of rotatable bonds is 4. The summed E-state index contributed by atoms with van der Waals surface area (Å²) >= 11 is 0. The van der Waals surface area contributed by atoms with E-state index in [1.165, 1.54) is 0 Å². The van der Waals surface area contributed by atoms with Crippen LogP contribution in [0.2, 0.25) is 0 Å². The molecule has 5 rings (SSSR count). The first-order chi connectivity index (χ1) is 14.7. The average Bonchev–Trinajstić information content (AvgIpc) is 3.35. The summed E-state index contributed by atoms with van der Waals surface area (Å²) in [5.74, 6) is 0.381. The van der Waals surface area contributed by atoms with E-state index in [1.807, 2.05) is 92.0 Å². The number of hydrogen-bond acceptors (Lipinski definition) is 3. The molecular weight excluding hydrogens is 372 g/mol. The van der Waals surface area contributed by atoms with Gasteiger partial charge in [0.1, 0.15) is 11.7 Å². The van der Waals surface area contributed by atoms with Crippen molar-refractivity contribution in [3.05, 3.63) is 102 Å². The Labute approximate surface area is 174 Å². The molecule has 146 valence electrons. The van der Waals surface area contributed by atoms with Crippen molar-refractivity contribution in [2.45, 2.75) is 12.8 Å². The minimum absolute atomic E-state index is 0.0524. The van der Waals surface area contributed by atoms with Crippen molar-refractivity contribution in [1.82, 2.24) is 9.97 Å². The van der Waals surface area contributed by atoms with Crippen molar-refractivity contribution in [3.63, 3.8) is 0 Å². The summed E-state index contributed by atoms with van der Waals surface area (Å²) in [4.78, 5) is 25.3. The molecule has 3 aromatic carbocycles. The maximum Gasteiger partial charge on any atom is 0.238 e. The van der Waals surface area contributed by atoms with Crippen LogP contribution in [0.1, 0.15) is 22.9 Å². The Balaban J connectivity index is 1.58. The van der Waals surface area contributed by atoms with Gasteiger partial charge in [-0.15, -0.1) is 0 Å². The third kappa shape index (κ3) is 3.31.